The van der Waals surface area contributed by atoms with E-state index in [1.807, 2.05) is 61.5 Å². The summed E-state index contributed by atoms with van der Waals surface area (Å²) in [6, 6.07) is 19.5. The van der Waals surface area contributed by atoms with Gasteiger partial charge in [-0.2, -0.15) is 0 Å². The highest BCUT2D eigenvalue weighted by atomic mass is 16.5. The Labute approximate surface area is 186 Å². The number of carbonyl (C=O) groups excluding carboxylic acids is 1. The van der Waals surface area contributed by atoms with Gasteiger partial charge in [-0.3, -0.25) is 4.79 Å². The molecule has 1 aliphatic heterocycles. The predicted octanol–water partition coefficient (Wildman–Crippen LogP) is 4.20. The smallest absolute Gasteiger partial charge is 0.259 e. The lowest BCUT2D eigenvalue weighted by Gasteiger charge is -2.35. The Balaban J connectivity index is 1.52. The molecule has 1 aliphatic rings. The first-order valence-electron chi connectivity index (χ1n) is 10.8. The second kappa shape index (κ2) is 8.43. The van der Waals surface area contributed by atoms with Crippen molar-refractivity contribution in [2.24, 2.45) is 0 Å². The van der Waals surface area contributed by atoms with Crippen molar-refractivity contribution in [1.82, 2.24) is 15.0 Å². The first-order valence-corrected chi connectivity index (χ1v) is 10.8. The van der Waals surface area contributed by atoms with Crippen LogP contribution in [-0.4, -0.2) is 54.2 Å². The summed E-state index contributed by atoms with van der Waals surface area (Å²) in [5.41, 5.74) is 4.92. The molecule has 0 aliphatic carbocycles. The molecule has 2 aromatic carbocycles. The number of para-hydroxylation sites is 2. The molecule has 1 amide bonds. The van der Waals surface area contributed by atoms with E-state index in [2.05, 4.69) is 38.4 Å². The molecule has 7 nitrogen and oxygen atoms in total. The summed E-state index contributed by atoms with van der Waals surface area (Å²) in [6.07, 6.45) is 0. The van der Waals surface area contributed by atoms with Crippen molar-refractivity contribution in [2.75, 3.05) is 43.4 Å². The molecule has 5 rings (SSSR count). The van der Waals surface area contributed by atoms with Crippen LogP contribution in [0.1, 0.15) is 16.1 Å². The summed E-state index contributed by atoms with van der Waals surface area (Å²) >= 11 is 0. The van der Waals surface area contributed by atoms with Crippen LogP contribution in [0.15, 0.2) is 65.2 Å². The molecule has 0 spiro atoms. The van der Waals surface area contributed by atoms with Crippen LogP contribution in [0.25, 0.3) is 22.4 Å². The van der Waals surface area contributed by atoms with Gasteiger partial charge in [-0.1, -0.05) is 47.6 Å². The molecule has 7 heteroatoms. The fraction of sp³-hybridized carbons (Fsp3) is 0.240. The number of aromatic nitrogens is 2. The number of likely N-dealkylation sites (N-methyl/N-ethyl adjacent to an activating group) is 1. The Kier molecular flexibility index (Phi) is 5.33. The van der Waals surface area contributed by atoms with Crippen molar-refractivity contribution in [3.8, 4) is 11.3 Å². The molecule has 0 radical (unpaired) electrons. The second-order valence-corrected chi connectivity index (χ2v) is 8.13. The number of amides is 1. The molecular weight excluding hydrogens is 402 g/mol. The highest BCUT2D eigenvalue weighted by Gasteiger charge is 2.22. The van der Waals surface area contributed by atoms with Crippen LogP contribution in [0.3, 0.4) is 0 Å². The Morgan fingerprint density at radius 2 is 1.72 bits per heavy atom. The molecule has 32 heavy (non-hydrogen) atoms. The average Bonchev–Trinajstić information content (AvgIpc) is 3.21. The van der Waals surface area contributed by atoms with Gasteiger partial charge in [0.15, 0.2) is 0 Å². The standard InChI is InChI=1S/C25H25N5O2/c1-17-23-19(16-21(27-25(23)32-28-17)18-8-4-3-5-9-18)24(31)26-20-10-6-7-11-22(20)30-14-12-29(2)13-15-30/h3-11,16H,12-15H2,1-2H3,(H,26,31). The Morgan fingerprint density at radius 3 is 2.50 bits per heavy atom. The molecular formula is C25H25N5O2. The van der Waals surface area contributed by atoms with E-state index >= 15 is 0 Å². The number of fused-ring (bicyclic) bond motifs is 1. The molecule has 4 aromatic rings. The number of aryl methyl sites for hydroxylation is 1. The van der Waals surface area contributed by atoms with Gasteiger partial charge in [-0.05, 0) is 32.2 Å². The van der Waals surface area contributed by atoms with Gasteiger partial charge >= 0.3 is 0 Å². The van der Waals surface area contributed by atoms with Crippen molar-refractivity contribution in [2.45, 2.75) is 6.92 Å². The van der Waals surface area contributed by atoms with Crippen molar-refractivity contribution < 1.29 is 9.32 Å². The van der Waals surface area contributed by atoms with E-state index in [4.69, 9.17) is 4.52 Å². The van der Waals surface area contributed by atoms with Crippen molar-refractivity contribution in [3.63, 3.8) is 0 Å². The SMILES string of the molecule is Cc1noc2nc(-c3ccccc3)cc(C(=O)Nc3ccccc3N3CCN(C)CC3)c12. The molecule has 1 saturated heterocycles. The number of nitrogens with zero attached hydrogens (tertiary/aromatic N) is 4. The molecule has 0 unspecified atom stereocenters. The lowest BCUT2D eigenvalue weighted by molar-refractivity contribution is 0.102. The van der Waals surface area contributed by atoms with E-state index in [1.165, 1.54) is 0 Å². The maximum Gasteiger partial charge on any atom is 0.259 e. The molecule has 162 valence electrons. The van der Waals surface area contributed by atoms with Crippen LogP contribution in [0.5, 0.6) is 0 Å². The first-order chi connectivity index (χ1) is 15.6. The predicted molar refractivity (Wildman–Crippen MR) is 126 cm³/mol. The fourth-order valence-electron chi connectivity index (χ4n) is 4.12. The minimum Gasteiger partial charge on any atom is -0.367 e. The maximum absolute atomic E-state index is 13.5. The normalized spacial score (nSPS) is 14.6. The zero-order valence-corrected chi connectivity index (χ0v) is 18.2. The summed E-state index contributed by atoms with van der Waals surface area (Å²) in [5, 5.41) is 7.82. The molecule has 0 saturated carbocycles. The van der Waals surface area contributed by atoms with Gasteiger partial charge in [-0.15, -0.1) is 0 Å². The molecule has 1 fully saturated rings. The summed E-state index contributed by atoms with van der Waals surface area (Å²) in [5.74, 6) is -0.206. The Hall–Kier alpha value is -3.71. The lowest BCUT2D eigenvalue weighted by atomic mass is 10.0. The number of hydrogen-bond acceptors (Lipinski definition) is 6. The van der Waals surface area contributed by atoms with E-state index in [1.54, 1.807) is 0 Å². The summed E-state index contributed by atoms with van der Waals surface area (Å²) in [7, 11) is 2.13. The van der Waals surface area contributed by atoms with Gasteiger partial charge in [0.1, 0.15) is 0 Å². The van der Waals surface area contributed by atoms with E-state index in [9.17, 15) is 4.79 Å². The van der Waals surface area contributed by atoms with Crippen LogP contribution < -0.4 is 10.2 Å². The van der Waals surface area contributed by atoms with Gasteiger partial charge in [-0.25, -0.2) is 4.98 Å². The molecule has 1 N–H and O–H groups in total. The summed E-state index contributed by atoms with van der Waals surface area (Å²) < 4.78 is 5.43. The number of hydrogen-bond donors (Lipinski definition) is 1. The summed E-state index contributed by atoms with van der Waals surface area (Å²) in [4.78, 5) is 22.7. The highest BCUT2D eigenvalue weighted by Crippen LogP contribution is 2.30. The van der Waals surface area contributed by atoms with Crippen LogP contribution in [0, 0.1) is 6.92 Å². The number of carbonyl (C=O) groups is 1. The van der Waals surface area contributed by atoms with Crippen molar-refractivity contribution in [1.29, 1.82) is 0 Å². The topological polar surface area (TPSA) is 74.5 Å². The number of piperazine rings is 1. The fourth-order valence-corrected chi connectivity index (χ4v) is 4.12. The highest BCUT2D eigenvalue weighted by molar-refractivity contribution is 6.13. The van der Waals surface area contributed by atoms with Crippen LogP contribution >= 0.6 is 0 Å². The van der Waals surface area contributed by atoms with Gasteiger partial charge in [0.25, 0.3) is 11.6 Å². The summed E-state index contributed by atoms with van der Waals surface area (Å²) in [6.45, 7) is 5.66. The third-order valence-corrected chi connectivity index (χ3v) is 5.93. The quantitative estimate of drug-likeness (QED) is 0.526. The lowest BCUT2D eigenvalue weighted by Crippen LogP contribution is -2.44. The zero-order valence-electron chi connectivity index (χ0n) is 18.2. The van der Waals surface area contributed by atoms with Gasteiger partial charge in [0.2, 0.25) is 0 Å². The van der Waals surface area contributed by atoms with Gasteiger partial charge in [0, 0.05) is 31.7 Å². The molecule has 0 bridgehead atoms. The average molecular weight is 428 g/mol. The number of nitrogens with one attached hydrogen (secondary N) is 1. The van der Waals surface area contributed by atoms with Gasteiger partial charge < -0.3 is 19.6 Å². The van der Waals surface area contributed by atoms with Crippen LogP contribution in [-0.2, 0) is 0 Å². The Morgan fingerprint density at radius 1 is 1.00 bits per heavy atom. The molecule has 2 aromatic heterocycles. The van der Waals surface area contributed by atoms with Crippen LogP contribution in [0.4, 0.5) is 11.4 Å². The number of anilines is 2. The Bertz CT molecular complexity index is 1260. The molecule has 0 atom stereocenters. The third-order valence-electron chi connectivity index (χ3n) is 5.93. The maximum atomic E-state index is 13.5. The monoisotopic (exact) mass is 427 g/mol. The number of rotatable bonds is 4. The van der Waals surface area contributed by atoms with Crippen molar-refractivity contribution >= 4 is 28.4 Å². The molecule has 3 heterocycles. The second-order valence-electron chi connectivity index (χ2n) is 8.13. The van der Waals surface area contributed by atoms with E-state index in [0.717, 1.165) is 43.1 Å². The van der Waals surface area contributed by atoms with Gasteiger partial charge in [0.05, 0.1) is 33.7 Å². The minimum absolute atomic E-state index is 0.206. The largest absolute Gasteiger partial charge is 0.367 e. The number of pyridine rings is 1. The number of benzene rings is 2. The first kappa shape index (κ1) is 20.2. The van der Waals surface area contributed by atoms with Crippen molar-refractivity contribution in [3.05, 3.63) is 71.9 Å². The van der Waals surface area contributed by atoms with Crippen LogP contribution in [0.2, 0.25) is 0 Å². The zero-order chi connectivity index (χ0) is 22.1. The third kappa shape index (κ3) is 3.83. The van der Waals surface area contributed by atoms with E-state index in [0.29, 0.717) is 28.1 Å². The van der Waals surface area contributed by atoms with E-state index in [-0.39, 0.29) is 5.91 Å². The van der Waals surface area contributed by atoms with E-state index < -0.39 is 0 Å². The minimum atomic E-state index is -0.206.